The molecule has 146 valence electrons. The number of nitrogen functional groups attached to an aromatic ring is 1. The Kier molecular flexibility index (Phi) is 4.76. The fraction of sp³-hybridized carbons (Fsp3) is 0.368. The van der Waals surface area contributed by atoms with Gasteiger partial charge in [-0.1, -0.05) is 0 Å². The lowest BCUT2D eigenvalue weighted by molar-refractivity contribution is 0.0939. The SMILES string of the molecule is CC(C)NC(=O)c1cc(-c2csc(C(=O)NCC3CC3)c2)cn2nc(N)nc12. The van der Waals surface area contributed by atoms with Gasteiger partial charge in [-0.2, -0.15) is 4.98 Å². The summed E-state index contributed by atoms with van der Waals surface area (Å²) >= 11 is 1.38. The molecule has 1 saturated carbocycles. The van der Waals surface area contributed by atoms with Crippen LogP contribution in [0.25, 0.3) is 16.8 Å². The van der Waals surface area contributed by atoms with Crippen molar-refractivity contribution in [1.29, 1.82) is 0 Å². The maximum absolute atomic E-state index is 12.6. The van der Waals surface area contributed by atoms with Crippen LogP contribution < -0.4 is 16.4 Å². The van der Waals surface area contributed by atoms with E-state index in [1.165, 1.54) is 28.7 Å². The molecular weight excluding hydrogens is 376 g/mol. The van der Waals surface area contributed by atoms with Crippen molar-refractivity contribution in [3.05, 3.63) is 34.2 Å². The second-order valence-corrected chi connectivity index (χ2v) is 8.27. The third kappa shape index (κ3) is 3.84. The molecule has 0 radical (unpaired) electrons. The van der Waals surface area contributed by atoms with Gasteiger partial charge in [0.1, 0.15) is 0 Å². The summed E-state index contributed by atoms with van der Waals surface area (Å²) in [6, 6.07) is 3.58. The Bertz CT molecular complexity index is 1050. The molecule has 0 aromatic carbocycles. The highest BCUT2D eigenvalue weighted by Crippen LogP contribution is 2.29. The molecule has 1 fully saturated rings. The minimum Gasteiger partial charge on any atom is -0.366 e. The maximum Gasteiger partial charge on any atom is 0.261 e. The van der Waals surface area contributed by atoms with E-state index in [4.69, 9.17) is 5.73 Å². The van der Waals surface area contributed by atoms with Crippen molar-refractivity contribution in [2.75, 3.05) is 12.3 Å². The second-order valence-electron chi connectivity index (χ2n) is 7.36. The number of anilines is 1. The molecule has 8 nitrogen and oxygen atoms in total. The van der Waals surface area contributed by atoms with Gasteiger partial charge in [-0.15, -0.1) is 16.4 Å². The van der Waals surface area contributed by atoms with Crippen LogP contribution in [0.1, 0.15) is 46.7 Å². The van der Waals surface area contributed by atoms with Crippen molar-refractivity contribution in [3.63, 3.8) is 0 Å². The summed E-state index contributed by atoms with van der Waals surface area (Å²) < 4.78 is 1.50. The van der Waals surface area contributed by atoms with Crippen LogP contribution in [0.15, 0.2) is 23.7 Å². The number of amides is 2. The van der Waals surface area contributed by atoms with Gasteiger partial charge in [-0.05, 0) is 55.7 Å². The Morgan fingerprint density at radius 1 is 1.29 bits per heavy atom. The molecule has 1 aliphatic carbocycles. The van der Waals surface area contributed by atoms with E-state index in [1.807, 2.05) is 25.3 Å². The first-order valence-corrected chi connectivity index (χ1v) is 10.1. The van der Waals surface area contributed by atoms with Crippen molar-refractivity contribution in [2.45, 2.75) is 32.7 Å². The number of pyridine rings is 1. The first kappa shape index (κ1) is 18.4. The summed E-state index contributed by atoms with van der Waals surface area (Å²) in [5.74, 6) is 0.422. The van der Waals surface area contributed by atoms with Gasteiger partial charge in [0.05, 0.1) is 10.4 Å². The van der Waals surface area contributed by atoms with Crippen LogP contribution in [-0.4, -0.2) is 39.0 Å². The molecule has 4 rings (SSSR count). The number of aromatic nitrogens is 3. The number of nitrogens with zero attached hydrogens (tertiary/aromatic N) is 3. The van der Waals surface area contributed by atoms with Crippen LogP contribution in [0.3, 0.4) is 0 Å². The zero-order valence-electron chi connectivity index (χ0n) is 15.7. The van der Waals surface area contributed by atoms with E-state index in [0.717, 1.165) is 17.7 Å². The highest BCUT2D eigenvalue weighted by Gasteiger charge is 2.22. The van der Waals surface area contributed by atoms with Gasteiger partial charge in [0.2, 0.25) is 5.95 Å². The molecule has 4 N–H and O–H groups in total. The minimum absolute atomic E-state index is 0.0145. The van der Waals surface area contributed by atoms with Gasteiger partial charge in [0.15, 0.2) is 5.65 Å². The molecule has 0 aliphatic heterocycles. The number of thiophene rings is 1. The lowest BCUT2D eigenvalue weighted by atomic mass is 10.1. The third-order valence-electron chi connectivity index (χ3n) is 4.52. The van der Waals surface area contributed by atoms with E-state index < -0.39 is 0 Å². The maximum atomic E-state index is 12.6. The van der Waals surface area contributed by atoms with Gasteiger partial charge < -0.3 is 16.4 Å². The van der Waals surface area contributed by atoms with Gasteiger partial charge in [0.25, 0.3) is 11.8 Å². The molecule has 2 amide bonds. The number of nitrogens with two attached hydrogens (primary N) is 1. The summed E-state index contributed by atoms with van der Waals surface area (Å²) in [4.78, 5) is 29.8. The summed E-state index contributed by atoms with van der Waals surface area (Å²) in [5.41, 5.74) is 8.13. The topological polar surface area (TPSA) is 114 Å². The van der Waals surface area contributed by atoms with Crippen LogP contribution in [0.4, 0.5) is 5.95 Å². The molecular formula is C19H22N6O2S. The van der Waals surface area contributed by atoms with Crippen molar-refractivity contribution in [3.8, 4) is 11.1 Å². The number of fused-ring (bicyclic) bond motifs is 1. The average Bonchev–Trinajstić information content (AvgIpc) is 3.19. The Balaban J connectivity index is 1.66. The quantitative estimate of drug-likeness (QED) is 0.589. The molecule has 9 heteroatoms. The molecule has 0 bridgehead atoms. The Labute approximate surface area is 166 Å². The number of carbonyl (C=O) groups excluding carboxylic acids is 2. The van der Waals surface area contributed by atoms with E-state index in [0.29, 0.717) is 22.0 Å². The minimum atomic E-state index is -0.244. The molecule has 1 aliphatic rings. The summed E-state index contributed by atoms with van der Waals surface area (Å²) in [5, 5.41) is 11.9. The monoisotopic (exact) mass is 398 g/mol. The van der Waals surface area contributed by atoms with Gasteiger partial charge in [-0.3, -0.25) is 9.59 Å². The first-order chi connectivity index (χ1) is 13.4. The zero-order valence-corrected chi connectivity index (χ0v) is 16.5. The van der Waals surface area contributed by atoms with Crippen LogP contribution in [0, 0.1) is 5.92 Å². The normalized spacial score (nSPS) is 13.8. The lowest BCUT2D eigenvalue weighted by Gasteiger charge is -2.10. The van der Waals surface area contributed by atoms with Crippen molar-refractivity contribution >= 4 is 34.7 Å². The summed E-state index contributed by atoms with van der Waals surface area (Å²) in [6.07, 6.45) is 4.15. The van der Waals surface area contributed by atoms with Gasteiger partial charge >= 0.3 is 0 Å². The van der Waals surface area contributed by atoms with Gasteiger partial charge in [0, 0.05) is 24.3 Å². The highest BCUT2D eigenvalue weighted by atomic mass is 32.1. The average molecular weight is 398 g/mol. The molecule has 0 unspecified atom stereocenters. The van der Waals surface area contributed by atoms with E-state index >= 15 is 0 Å². The molecule has 0 atom stereocenters. The molecule has 28 heavy (non-hydrogen) atoms. The number of rotatable bonds is 6. The largest absolute Gasteiger partial charge is 0.366 e. The van der Waals surface area contributed by atoms with Crippen molar-refractivity contribution in [2.24, 2.45) is 5.92 Å². The fourth-order valence-corrected chi connectivity index (χ4v) is 3.75. The molecule has 3 aromatic heterocycles. The van der Waals surface area contributed by atoms with Crippen LogP contribution in [-0.2, 0) is 0 Å². The highest BCUT2D eigenvalue weighted by molar-refractivity contribution is 7.12. The number of carbonyl (C=O) groups is 2. The number of hydrogen-bond acceptors (Lipinski definition) is 6. The predicted molar refractivity (Wildman–Crippen MR) is 108 cm³/mol. The molecule has 0 spiro atoms. The van der Waals surface area contributed by atoms with Crippen molar-refractivity contribution in [1.82, 2.24) is 25.2 Å². The Morgan fingerprint density at radius 2 is 2.07 bits per heavy atom. The number of nitrogens with one attached hydrogen (secondary N) is 2. The molecule has 0 saturated heterocycles. The van der Waals surface area contributed by atoms with Crippen LogP contribution in [0.5, 0.6) is 0 Å². The van der Waals surface area contributed by atoms with Crippen molar-refractivity contribution < 1.29 is 9.59 Å². The standard InChI is InChI=1S/C19H22N6O2S/c1-10(2)22-17(26)14-5-12(8-25-16(14)23-19(20)24-25)13-6-15(28-9-13)18(27)21-7-11-3-4-11/h5-6,8-11H,3-4,7H2,1-2H3,(H2,20,24)(H,21,27)(H,22,26). The second kappa shape index (κ2) is 7.23. The molecule has 3 aromatic rings. The summed E-state index contributed by atoms with van der Waals surface area (Å²) in [6.45, 7) is 4.51. The van der Waals surface area contributed by atoms with E-state index in [1.54, 1.807) is 12.3 Å². The van der Waals surface area contributed by atoms with E-state index in [9.17, 15) is 9.59 Å². The third-order valence-corrected chi connectivity index (χ3v) is 5.45. The zero-order chi connectivity index (χ0) is 19.8. The van der Waals surface area contributed by atoms with Crippen LogP contribution in [0.2, 0.25) is 0 Å². The fourth-order valence-electron chi connectivity index (χ4n) is 2.92. The smallest absolute Gasteiger partial charge is 0.261 e. The first-order valence-electron chi connectivity index (χ1n) is 9.24. The molecule has 3 heterocycles. The van der Waals surface area contributed by atoms with E-state index in [2.05, 4.69) is 20.7 Å². The number of hydrogen-bond donors (Lipinski definition) is 3. The predicted octanol–water partition coefficient (Wildman–Crippen LogP) is 2.32. The van der Waals surface area contributed by atoms with E-state index in [-0.39, 0.29) is 23.8 Å². The van der Waals surface area contributed by atoms with Crippen LogP contribution >= 0.6 is 11.3 Å². The van der Waals surface area contributed by atoms with Gasteiger partial charge in [-0.25, -0.2) is 4.52 Å². The lowest BCUT2D eigenvalue weighted by Crippen LogP contribution is -2.30. The Hall–Kier alpha value is -2.94. The summed E-state index contributed by atoms with van der Waals surface area (Å²) in [7, 11) is 0. The Morgan fingerprint density at radius 3 is 2.79 bits per heavy atom.